The molecule has 5 nitrogen and oxygen atoms in total. The summed E-state index contributed by atoms with van der Waals surface area (Å²) in [6.45, 7) is 3.07. The van der Waals surface area contributed by atoms with Crippen molar-refractivity contribution in [3.05, 3.63) is 23.9 Å². The SMILES string of the molecule is Cl.Cl.O=C(NC1CCN(c2ccc(C(F)(F)F)cn2)CC1)[C@@]12CCCC[C@H]1CNC2. The lowest BCUT2D eigenvalue weighted by Gasteiger charge is -2.40. The molecule has 0 aromatic carbocycles. The molecule has 1 amide bonds. The van der Waals surface area contributed by atoms with Crippen molar-refractivity contribution in [2.45, 2.75) is 50.7 Å². The first-order valence-electron chi connectivity index (χ1n) is 10.2. The summed E-state index contributed by atoms with van der Waals surface area (Å²) in [7, 11) is 0. The van der Waals surface area contributed by atoms with Gasteiger partial charge in [-0.2, -0.15) is 13.2 Å². The van der Waals surface area contributed by atoms with Crippen LogP contribution in [0.1, 0.15) is 44.1 Å². The van der Waals surface area contributed by atoms with Gasteiger partial charge >= 0.3 is 6.18 Å². The number of hydrogen-bond acceptors (Lipinski definition) is 4. The predicted octanol–water partition coefficient (Wildman–Crippen LogP) is 3.81. The first-order chi connectivity index (χ1) is 13.4. The molecule has 1 aromatic rings. The van der Waals surface area contributed by atoms with Gasteiger partial charge in [-0.1, -0.05) is 12.8 Å². The van der Waals surface area contributed by atoms with Gasteiger partial charge in [0, 0.05) is 31.9 Å². The van der Waals surface area contributed by atoms with E-state index in [1.165, 1.54) is 12.5 Å². The third-order valence-electron chi connectivity index (χ3n) is 6.72. The van der Waals surface area contributed by atoms with E-state index < -0.39 is 11.7 Å². The van der Waals surface area contributed by atoms with Crippen LogP contribution in [0, 0.1) is 11.3 Å². The quantitative estimate of drug-likeness (QED) is 0.707. The maximum Gasteiger partial charge on any atom is 0.417 e. The largest absolute Gasteiger partial charge is 0.417 e. The maximum absolute atomic E-state index is 13.1. The van der Waals surface area contributed by atoms with E-state index in [4.69, 9.17) is 0 Å². The standard InChI is InChI=1S/C20H27F3N4O.2ClH/c21-20(22,23)15-4-5-17(25-12-15)27-9-6-16(7-10-27)26-18(28)19-8-2-1-3-14(19)11-24-13-19;;/h4-5,12,14,16,24H,1-3,6-11,13H2,(H,26,28);2*1H/t14-,19+;;/m0../s1. The summed E-state index contributed by atoms with van der Waals surface area (Å²) in [6.07, 6.45) is 2.49. The minimum absolute atomic E-state index is 0. The normalized spacial score (nSPS) is 26.9. The summed E-state index contributed by atoms with van der Waals surface area (Å²) < 4.78 is 38.0. The number of aromatic nitrogens is 1. The van der Waals surface area contributed by atoms with Crippen LogP contribution in [0.4, 0.5) is 19.0 Å². The Hall–Kier alpha value is -1.25. The van der Waals surface area contributed by atoms with Gasteiger partial charge in [0.2, 0.25) is 5.91 Å². The number of fused-ring (bicyclic) bond motifs is 1. The fourth-order valence-corrected chi connectivity index (χ4v) is 5.01. The summed E-state index contributed by atoms with van der Waals surface area (Å²) >= 11 is 0. The van der Waals surface area contributed by atoms with Crippen LogP contribution in [0.3, 0.4) is 0 Å². The molecule has 0 unspecified atom stereocenters. The molecule has 2 saturated heterocycles. The fourth-order valence-electron chi connectivity index (χ4n) is 5.01. The topological polar surface area (TPSA) is 57.3 Å². The summed E-state index contributed by atoms with van der Waals surface area (Å²) in [5.74, 6) is 1.19. The van der Waals surface area contributed by atoms with Crippen LogP contribution in [0.2, 0.25) is 0 Å². The Labute approximate surface area is 187 Å². The molecule has 170 valence electrons. The minimum atomic E-state index is -4.37. The molecule has 2 aliphatic heterocycles. The van der Waals surface area contributed by atoms with E-state index in [0.29, 0.717) is 24.8 Å². The highest BCUT2D eigenvalue weighted by atomic mass is 35.5. The molecule has 10 heteroatoms. The van der Waals surface area contributed by atoms with E-state index in [1.54, 1.807) is 0 Å². The Morgan fingerprint density at radius 2 is 1.90 bits per heavy atom. The zero-order valence-electron chi connectivity index (χ0n) is 16.7. The summed E-state index contributed by atoms with van der Waals surface area (Å²) in [4.78, 5) is 19.0. The first-order valence-corrected chi connectivity index (χ1v) is 10.2. The van der Waals surface area contributed by atoms with E-state index in [9.17, 15) is 18.0 Å². The number of amides is 1. The number of halogens is 5. The number of pyridine rings is 1. The van der Waals surface area contributed by atoms with Crippen LogP contribution >= 0.6 is 24.8 Å². The second-order valence-electron chi connectivity index (χ2n) is 8.37. The highest BCUT2D eigenvalue weighted by molar-refractivity contribution is 5.85. The molecule has 2 atom stereocenters. The number of nitrogens with one attached hydrogen (secondary N) is 2. The van der Waals surface area contributed by atoms with Crippen molar-refractivity contribution >= 4 is 36.5 Å². The third kappa shape index (κ3) is 4.97. The number of rotatable bonds is 3. The molecule has 1 aliphatic carbocycles. The number of anilines is 1. The first kappa shape index (κ1) is 25.0. The Morgan fingerprint density at radius 3 is 2.53 bits per heavy atom. The van der Waals surface area contributed by atoms with Crippen LogP contribution < -0.4 is 15.5 Å². The third-order valence-corrected chi connectivity index (χ3v) is 6.72. The lowest BCUT2D eigenvalue weighted by atomic mass is 9.67. The Morgan fingerprint density at radius 1 is 1.17 bits per heavy atom. The van der Waals surface area contributed by atoms with Crippen molar-refractivity contribution in [3.8, 4) is 0 Å². The molecule has 0 bridgehead atoms. The summed E-state index contributed by atoms with van der Waals surface area (Å²) in [5.41, 5.74) is -0.977. The summed E-state index contributed by atoms with van der Waals surface area (Å²) in [6, 6.07) is 2.62. The maximum atomic E-state index is 13.1. The van der Waals surface area contributed by atoms with Crippen molar-refractivity contribution in [2.75, 3.05) is 31.1 Å². The molecule has 30 heavy (non-hydrogen) atoms. The average Bonchev–Trinajstić information content (AvgIpc) is 3.13. The van der Waals surface area contributed by atoms with Gasteiger partial charge in [0.25, 0.3) is 0 Å². The second kappa shape index (κ2) is 9.92. The van der Waals surface area contributed by atoms with Crippen molar-refractivity contribution in [1.29, 1.82) is 0 Å². The lowest BCUT2D eigenvalue weighted by molar-refractivity contribution is -0.138. The average molecular weight is 469 g/mol. The Balaban J connectivity index is 0.00000160. The number of carbonyl (C=O) groups is 1. The van der Waals surface area contributed by atoms with Gasteiger partial charge in [0.05, 0.1) is 11.0 Å². The van der Waals surface area contributed by atoms with Crippen LogP contribution in [-0.4, -0.2) is 43.1 Å². The molecular weight excluding hydrogens is 440 g/mol. The van der Waals surface area contributed by atoms with Gasteiger partial charge in [-0.25, -0.2) is 4.98 Å². The zero-order valence-corrected chi connectivity index (χ0v) is 18.3. The number of hydrogen-bond donors (Lipinski definition) is 2. The van der Waals surface area contributed by atoms with Gasteiger partial charge in [0.15, 0.2) is 0 Å². The van der Waals surface area contributed by atoms with Gasteiger partial charge in [-0.3, -0.25) is 4.79 Å². The van der Waals surface area contributed by atoms with Crippen molar-refractivity contribution in [3.63, 3.8) is 0 Å². The molecule has 0 spiro atoms. The highest BCUT2D eigenvalue weighted by Gasteiger charge is 2.50. The van der Waals surface area contributed by atoms with E-state index in [0.717, 1.165) is 57.5 Å². The van der Waals surface area contributed by atoms with Gasteiger partial charge in [-0.15, -0.1) is 24.8 Å². The van der Waals surface area contributed by atoms with Crippen molar-refractivity contribution in [2.24, 2.45) is 11.3 Å². The van der Waals surface area contributed by atoms with Gasteiger partial charge in [0.1, 0.15) is 5.82 Å². The fraction of sp³-hybridized carbons (Fsp3) is 0.700. The van der Waals surface area contributed by atoms with E-state index in [1.807, 2.05) is 4.90 Å². The Kier molecular flexibility index (Phi) is 8.27. The molecule has 1 saturated carbocycles. The monoisotopic (exact) mass is 468 g/mol. The molecule has 2 N–H and O–H groups in total. The molecule has 3 fully saturated rings. The molecule has 3 heterocycles. The van der Waals surface area contributed by atoms with Crippen molar-refractivity contribution < 1.29 is 18.0 Å². The smallest absolute Gasteiger partial charge is 0.356 e. The van der Waals surface area contributed by atoms with Gasteiger partial charge < -0.3 is 15.5 Å². The lowest BCUT2D eigenvalue weighted by Crippen LogP contribution is -2.53. The van der Waals surface area contributed by atoms with Crippen LogP contribution in [0.25, 0.3) is 0 Å². The molecular formula is C20H29Cl2F3N4O. The molecule has 0 radical (unpaired) electrons. The predicted molar refractivity (Wildman–Crippen MR) is 114 cm³/mol. The van der Waals surface area contributed by atoms with E-state index in [2.05, 4.69) is 15.6 Å². The zero-order chi connectivity index (χ0) is 19.8. The van der Waals surface area contributed by atoms with Gasteiger partial charge in [-0.05, 0) is 50.3 Å². The summed E-state index contributed by atoms with van der Waals surface area (Å²) in [5, 5.41) is 6.69. The second-order valence-corrected chi connectivity index (χ2v) is 8.37. The molecule has 4 rings (SSSR count). The molecule has 1 aromatic heterocycles. The van der Waals surface area contributed by atoms with Crippen LogP contribution in [0.5, 0.6) is 0 Å². The number of alkyl halides is 3. The van der Waals surface area contributed by atoms with E-state index >= 15 is 0 Å². The number of nitrogens with zero attached hydrogens (tertiary/aromatic N) is 2. The Bertz CT molecular complexity index is 711. The van der Waals surface area contributed by atoms with Crippen LogP contribution in [0.15, 0.2) is 18.3 Å². The van der Waals surface area contributed by atoms with Crippen LogP contribution in [-0.2, 0) is 11.0 Å². The highest BCUT2D eigenvalue weighted by Crippen LogP contribution is 2.44. The van der Waals surface area contributed by atoms with E-state index in [-0.39, 0.29) is 42.2 Å². The number of piperidine rings is 1. The minimum Gasteiger partial charge on any atom is -0.356 e. The number of carbonyl (C=O) groups excluding carboxylic acids is 1. The molecule has 3 aliphatic rings. The van der Waals surface area contributed by atoms with Crippen molar-refractivity contribution in [1.82, 2.24) is 15.6 Å².